The fraction of sp³-hybridized carbons (Fsp3) is 0.833. The highest BCUT2D eigenvalue weighted by Crippen LogP contribution is 2.38. The predicted molar refractivity (Wildman–Crippen MR) is 68.9 cm³/mol. The maximum atomic E-state index is 12.1. The first-order valence-electron chi connectivity index (χ1n) is 6.22. The normalized spacial score (nSPS) is 34.7. The summed E-state index contributed by atoms with van der Waals surface area (Å²) in [7, 11) is 0. The van der Waals surface area contributed by atoms with Gasteiger partial charge in [-0.3, -0.25) is 9.59 Å². The minimum atomic E-state index is -0.375. The first-order valence-corrected chi connectivity index (χ1v) is 7.21. The Bertz CT molecular complexity index is 326. The van der Waals surface area contributed by atoms with Gasteiger partial charge in [0.25, 0.3) is 0 Å². The van der Waals surface area contributed by atoms with E-state index in [9.17, 15) is 9.59 Å². The Morgan fingerprint density at radius 2 is 2.29 bits per heavy atom. The van der Waals surface area contributed by atoms with Crippen LogP contribution in [0, 0.1) is 0 Å². The van der Waals surface area contributed by atoms with Gasteiger partial charge in [-0.2, -0.15) is 11.8 Å². The standard InChI is InChI=1S/C12H20N2O2S/c1-9-11(16)14(6-4-10(15)13-9)8-12(2)5-3-7-17-12/h9H,3-8H2,1-2H3,(H,13,15). The zero-order chi connectivity index (χ0) is 12.5. The van der Waals surface area contributed by atoms with Crippen molar-refractivity contribution in [2.24, 2.45) is 0 Å². The van der Waals surface area contributed by atoms with Gasteiger partial charge in [-0.15, -0.1) is 0 Å². The van der Waals surface area contributed by atoms with Crippen LogP contribution in [-0.4, -0.2) is 46.3 Å². The van der Waals surface area contributed by atoms with Crippen molar-refractivity contribution >= 4 is 23.6 Å². The van der Waals surface area contributed by atoms with Gasteiger partial charge < -0.3 is 10.2 Å². The summed E-state index contributed by atoms with van der Waals surface area (Å²) < 4.78 is 0.183. The molecule has 2 saturated heterocycles. The van der Waals surface area contributed by atoms with E-state index in [1.165, 1.54) is 12.2 Å². The second-order valence-electron chi connectivity index (χ2n) is 5.20. The summed E-state index contributed by atoms with van der Waals surface area (Å²) in [5.74, 6) is 1.23. The number of thioether (sulfide) groups is 1. The molecule has 17 heavy (non-hydrogen) atoms. The number of amides is 2. The topological polar surface area (TPSA) is 49.4 Å². The van der Waals surface area contributed by atoms with Crippen molar-refractivity contribution in [2.75, 3.05) is 18.8 Å². The van der Waals surface area contributed by atoms with Gasteiger partial charge in [0.05, 0.1) is 0 Å². The van der Waals surface area contributed by atoms with Gasteiger partial charge in [-0.1, -0.05) is 0 Å². The Labute approximate surface area is 106 Å². The summed E-state index contributed by atoms with van der Waals surface area (Å²) in [4.78, 5) is 25.4. The summed E-state index contributed by atoms with van der Waals surface area (Å²) in [5, 5.41) is 2.72. The Kier molecular flexibility index (Phi) is 3.66. The van der Waals surface area contributed by atoms with Crippen LogP contribution in [0.5, 0.6) is 0 Å². The average molecular weight is 256 g/mol. The number of nitrogens with one attached hydrogen (secondary N) is 1. The van der Waals surface area contributed by atoms with Crippen LogP contribution in [0.3, 0.4) is 0 Å². The molecule has 1 N–H and O–H groups in total. The molecular weight excluding hydrogens is 236 g/mol. The highest BCUT2D eigenvalue weighted by Gasteiger charge is 2.35. The molecule has 0 bridgehead atoms. The third-order valence-corrected chi connectivity index (χ3v) is 5.02. The summed E-state index contributed by atoms with van der Waals surface area (Å²) in [5.41, 5.74) is 0. The van der Waals surface area contributed by atoms with Gasteiger partial charge in [0, 0.05) is 24.3 Å². The third-order valence-electron chi connectivity index (χ3n) is 3.49. The fourth-order valence-corrected chi connectivity index (χ4v) is 3.84. The molecular formula is C12H20N2O2S. The lowest BCUT2D eigenvalue weighted by atomic mass is 10.0. The predicted octanol–water partition coefficient (Wildman–Crippen LogP) is 1.01. The monoisotopic (exact) mass is 256 g/mol. The maximum Gasteiger partial charge on any atom is 0.244 e. The number of carbonyl (C=O) groups is 2. The van der Waals surface area contributed by atoms with Gasteiger partial charge in [-0.25, -0.2) is 0 Å². The molecule has 0 aromatic heterocycles. The number of hydrogen-bond donors (Lipinski definition) is 1. The van der Waals surface area contributed by atoms with Crippen LogP contribution in [-0.2, 0) is 9.59 Å². The molecule has 4 nitrogen and oxygen atoms in total. The average Bonchev–Trinajstić information content (AvgIpc) is 2.65. The Morgan fingerprint density at radius 1 is 1.53 bits per heavy atom. The van der Waals surface area contributed by atoms with Crippen molar-refractivity contribution in [1.82, 2.24) is 10.2 Å². The SMILES string of the molecule is CC1NC(=O)CCN(CC2(C)CCCS2)C1=O. The molecule has 0 aromatic carbocycles. The molecule has 96 valence electrons. The quantitative estimate of drug-likeness (QED) is 0.802. The smallest absolute Gasteiger partial charge is 0.244 e. The molecule has 2 unspecified atom stereocenters. The molecule has 2 heterocycles. The van der Waals surface area contributed by atoms with Crippen LogP contribution in [0.15, 0.2) is 0 Å². The van der Waals surface area contributed by atoms with Crippen LogP contribution in [0.25, 0.3) is 0 Å². The van der Waals surface area contributed by atoms with E-state index in [0.717, 1.165) is 13.0 Å². The van der Waals surface area contributed by atoms with E-state index in [1.54, 1.807) is 6.92 Å². The van der Waals surface area contributed by atoms with Crippen molar-refractivity contribution in [1.29, 1.82) is 0 Å². The Hall–Kier alpha value is -0.710. The summed E-state index contributed by atoms with van der Waals surface area (Å²) in [6, 6.07) is -0.375. The van der Waals surface area contributed by atoms with E-state index in [-0.39, 0.29) is 22.6 Å². The van der Waals surface area contributed by atoms with E-state index in [4.69, 9.17) is 0 Å². The minimum Gasteiger partial charge on any atom is -0.345 e. The summed E-state index contributed by atoms with van der Waals surface area (Å²) >= 11 is 1.95. The molecule has 2 amide bonds. The van der Waals surface area contributed by atoms with Gasteiger partial charge in [0.1, 0.15) is 6.04 Å². The van der Waals surface area contributed by atoms with Gasteiger partial charge in [0.15, 0.2) is 0 Å². The lowest BCUT2D eigenvalue weighted by Crippen LogP contribution is -2.46. The second-order valence-corrected chi connectivity index (χ2v) is 6.88. The zero-order valence-electron chi connectivity index (χ0n) is 10.5. The number of carbonyl (C=O) groups excluding carboxylic acids is 2. The molecule has 2 aliphatic rings. The highest BCUT2D eigenvalue weighted by molar-refractivity contribution is 8.00. The van der Waals surface area contributed by atoms with Crippen LogP contribution in [0.2, 0.25) is 0 Å². The van der Waals surface area contributed by atoms with E-state index < -0.39 is 0 Å². The van der Waals surface area contributed by atoms with E-state index in [1.807, 2.05) is 16.7 Å². The number of rotatable bonds is 2. The maximum absolute atomic E-state index is 12.1. The Morgan fingerprint density at radius 3 is 2.94 bits per heavy atom. The first kappa shape index (κ1) is 12.7. The van der Waals surface area contributed by atoms with Gasteiger partial charge >= 0.3 is 0 Å². The second kappa shape index (κ2) is 4.88. The molecule has 0 spiro atoms. The van der Waals surface area contributed by atoms with E-state index >= 15 is 0 Å². The number of nitrogens with zero attached hydrogens (tertiary/aromatic N) is 1. The largest absolute Gasteiger partial charge is 0.345 e. The van der Waals surface area contributed by atoms with Gasteiger partial charge in [0.2, 0.25) is 11.8 Å². The molecule has 0 radical (unpaired) electrons. The lowest BCUT2D eigenvalue weighted by Gasteiger charge is -2.31. The molecule has 2 rings (SSSR count). The zero-order valence-corrected chi connectivity index (χ0v) is 11.3. The van der Waals surface area contributed by atoms with E-state index in [2.05, 4.69) is 12.2 Å². The summed E-state index contributed by atoms with van der Waals surface area (Å²) in [6.07, 6.45) is 2.82. The lowest BCUT2D eigenvalue weighted by molar-refractivity contribution is -0.133. The van der Waals surface area contributed by atoms with Crippen LogP contribution in [0.1, 0.15) is 33.1 Å². The molecule has 2 aliphatic heterocycles. The van der Waals surface area contributed by atoms with Crippen molar-refractivity contribution in [3.63, 3.8) is 0 Å². The van der Waals surface area contributed by atoms with Gasteiger partial charge in [-0.05, 0) is 32.4 Å². The van der Waals surface area contributed by atoms with Crippen LogP contribution >= 0.6 is 11.8 Å². The highest BCUT2D eigenvalue weighted by atomic mass is 32.2. The van der Waals surface area contributed by atoms with Crippen molar-refractivity contribution < 1.29 is 9.59 Å². The van der Waals surface area contributed by atoms with Crippen LogP contribution < -0.4 is 5.32 Å². The molecule has 2 atom stereocenters. The molecule has 2 fully saturated rings. The minimum absolute atomic E-state index is 0.0161. The number of hydrogen-bond acceptors (Lipinski definition) is 3. The molecule has 0 aliphatic carbocycles. The molecule has 0 aromatic rings. The van der Waals surface area contributed by atoms with Crippen molar-refractivity contribution in [3.8, 4) is 0 Å². The Balaban J connectivity index is 2.03. The third kappa shape index (κ3) is 2.94. The molecule has 5 heteroatoms. The van der Waals surface area contributed by atoms with Crippen molar-refractivity contribution in [2.45, 2.75) is 43.9 Å². The van der Waals surface area contributed by atoms with Crippen LogP contribution in [0.4, 0.5) is 0 Å². The summed E-state index contributed by atoms with van der Waals surface area (Å²) in [6.45, 7) is 5.33. The first-order chi connectivity index (χ1) is 8.00. The fourth-order valence-electron chi connectivity index (χ4n) is 2.52. The van der Waals surface area contributed by atoms with Crippen molar-refractivity contribution in [3.05, 3.63) is 0 Å². The van der Waals surface area contributed by atoms with E-state index in [0.29, 0.717) is 13.0 Å². The molecule has 0 saturated carbocycles.